The second kappa shape index (κ2) is 10.3. The summed E-state index contributed by atoms with van der Waals surface area (Å²) in [6.07, 6.45) is 1.94. The van der Waals surface area contributed by atoms with Gasteiger partial charge in [0.2, 0.25) is 15.9 Å². The maximum absolute atomic E-state index is 11.4. The summed E-state index contributed by atoms with van der Waals surface area (Å²) in [6, 6.07) is 13.5. The van der Waals surface area contributed by atoms with E-state index in [1.807, 2.05) is 4.72 Å². The van der Waals surface area contributed by atoms with Crippen molar-refractivity contribution in [3.8, 4) is 0 Å². The number of para-hydroxylation sites is 1. The molecule has 0 aromatic heterocycles. The number of nitrogens with one attached hydrogen (secondary N) is 2. The fourth-order valence-corrected chi connectivity index (χ4v) is 3.51. The van der Waals surface area contributed by atoms with E-state index in [0.29, 0.717) is 0 Å². The SMILES string of the molecule is C=CC(=O)NS(=O)(=O)c1ccccc1.C=CC(=O)Nc1ccccc1S(N)(=O)=O. The minimum atomic E-state index is -3.84. The lowest BCUT2D eigenvalue weighted by molar-refractivity contribution is -0.115. The maximum Gasteiger partial charge on any atom is 0.264 e. The first kappa shape index (κ1) is 23.8. The summed E-state index contributed by atoms with van der Waals surface area (Å²) < 4.78 is 46.9. The van der Waals surface area contributed by atoms with Gasteiger partial charge in [-0.3, -0.25) is 9.59 Å². The van der Waals surface area contributed by atoms with Crippen LogP contribution in [0.5, 0.6) is 0 Å². The van der Waals surface area contributed by atoms with Gasteiger partial charge in [-0.2, -0.15) is 0 Å². The van der Waals surface area contributed by atoms with E-state index in [1.165, 1.54) is 30.3 Å². The number of benzene rings is 2. The molecule has 11 heteroatoms. The molecule has 0 aliphatic carbocycles. The molecule has 0 saturated carbocycles. The lowest BCUT2D eigenvalue weighted by Gasteiger charge is -2.06. The molecule has 2 rings (SSSR count). The van der Waals surface area contributed by atoms with Crippen LogP contribution < -0.4 is 15.2 Å². The van der Waals surface area contributed by atoms with Crippen molar-refractivity contribution in [1.29, 1.82) is 0 Å². The van der Waals surface area contributed by atoms with Crippen LogP contribution in [0.4, 0.5) is 5.69 Å². The van der Waals surface area contributed by atoms with E-state index in [4.69, 9.17) is 5.14 Å². The molecule has 0 fully saturated rings. The third-order valence-electron chi connectivity index (χ3n) is 3.11. The van der Waals surface area contributed by atoms with Gasteiger partial charge in [0, 0.05) is 0 Å². The van der Waals surface area contributed by atoms with Crippen LogP contribution in [0.1, 0.15) is 0 Å². The highest BCUT2D eigenvalue weighted by Crippen LogP contribution is 2.18. The van der Waals surface area contributed by atoms with Gasteiger partial charge in [-0.1, -0.05) is 43.5 Å². The fraction of sp³-hybridized carbons (Fsp3) is 0. The van der Waals surface area contributed by atoms with Gasteiger partial charge in [0.05, 0.1) is 10.6 Å². The zero-order valence-electron chi connectivity index (χ0n) is 15.1. The smallest absolute Gasteiger partial charge is 0.264 e. The van der Waals surface area contributed by atoms with Crippen LogP contribution in [-0.2, 0) is 29.6 Å². The van der Waals surface area contributed by atoms with Gasteiger partial charge in [-0.05, 0) is 36.4 Å². The number of amides is 2. The van der Waals surface area contributed by atoms with Gasteiger partial charge < -0.3 is 5.32 Å². The highest BCUT2D eigenvalue weighted by atomic mass is 32.2. The molecular weight excluding hydrogens is 418 g/mol. The van der Waals surface area contributed by atoms with Crippen molar-refractivity contribution in [2.24, 2.45) is 5.14 Å². The Bertz CT molecular complexity index is 1110. The van der Waals surface area contributed by atoms with Gasteiger partial charge >= 0.3 is 0 Å². The largest absolute Gasteiger partial charge is 0.321 e. The average Bonchev–Trinajstić information content (AvgIpc) is 2.68. The second-order valence-corrected chi connectivity index (χ2v) is 8.43. The molecule has 0 aliphatic heterocycles. The van der Waals surface area contributed by atoms with Crippen molar-refractivity contribution in [2.45, 2.75) is 9.79 Å². The monoisotopic (exact) mass is 437 g/mol. The van der Waals surface area contributed by atoms with Crippen molar-refractivity contribution < 1.29 is 26.4 Å². The molecule has 2 aromatic rings. The average molecular weight is 437 g/mol. The highest BCUT2D eigenvalue weighted by molar-refractivity contribution is 7.90. The highest BCUT2D eigenvalue weighted by Gasteiger charge is 2.15. The quantitative estimate of drug-likeness (QED) is 0.576. The van der Waals surface area contributed by atoms with Gasteiger partial charge in [0.25, 0.3) is 15.9 Å². The minimum absolute atomic E-state index is 0.0511. The molecule has 29 heavy (non-hydrogen) atoms. The molecule has 2 amide bonds. The van der Waals surface area contributed by atoms with Gasteiger partial charge in [0.15, 0.2) is 0 Å². The zero-order chi connectivity index (χ0) is 22.1. The molecular formula is C18H19N3O6S2. The number of sulfonamides is 2. The molecule has 154 valence electrons. The summed E-state index contributed by atoms with van der Waals surface area (Å²) in [7, 11) is -7.58. The van der Waals surface area contributed by atoms with Crippen LogP contribution in [0.2, 0.25) is 0 Å². The maximum atomic E-state index is 11.4. The number of anilines is 1. The molecule has 0 spiro atoms. The molecule has 0 aliphatic rings. The first-order valence-corrected chi connectivity index (χ1v) is 10.8. The molecule has 0 heterocycles. The normalized spacial score (nSPS) is 10.7. The fourth-order valence-electron chi connectivity index (χ4n) is 1.83. The number of carbonyl (C=O) groups is 2. The van der Waals surface area contributed by atoms with Crippen molar-refractivity contribution in [1.82, 2.24) is 4.72 Å². The number of primary sulfonamides is 1. The van der Waals surface area contributed by atoms with Crippen LogP contribution in [0, 0.1) is 0 Å². The molecule has 0 bridgehead atoms. The van der Waals surface area contributed by atoms with E-state index >= 15 is 0 Å². The predicted octanol–water partition coefficient (Wildman–Crippen LogP) is 1.14. The Morgan fingerprint density at radius 3 is 1.86 bits per heavy atom. The Morgan fingerprint density at radius 2 is 1.34 bits per heavy atom. The first-order valence-electron chi connectivity index (χ1n) is 7.80. The zero-order valence-corrected chi connectivity index (χ0v) is 16.7. The number of nitrogens with two attached hydrogens (primary N) is 1. The first-order chi connectivity index (χ1) is 13.5. The number of carbonyl (C=O) groups excluding carboxylic acids is 2. The Balaban J connectivity index is 0.000000291. The summed E-state index contributed by atoms with van der Waals surface area (Å²) >= 11 is 0. The second-order valence-electron chi connectivity index (χ2n) is 5.22. The standard InChI is InChI=1S/C9H10N2O3S.C9H9NO3S/c1-2-9(12)11-7-5-3-4-6-8(7)15(10,13)14;1-2-9(11)10-14(12,13)8-6-4-3-5-7-8/h2-6H,1H2,(H,11,12)(H2,10,13,14);2-7H,1H2,(H,10,11). The van der Waals surface area contributed by atoms with E-state index in [2.05, 4.69) is 18.5 Å². The molecule has 0 saturated heterocycles. The Morgan fingerprint density at radius 1 is 0.828 bits per heavy atom. The molecule has 0 atom stereocenters. The van der Waals surface area contributed by atoms with E-state index in [0.717, 1.165) is 12.2 Å². The molecule has 0 radical (unpaired) electrons. The van der Waals surface area contributed by atoms with Crippen LogP contribution in [0.3, 0.4) is 0 Å². The minimum Gasteiger partial charge on any atom is -0.321 e. The molecule has 9 nitrogen and oxygen atoms in total. The number of hydrogen-bond acceptors (Lipinski definition) is 6. The predicted molar refractivity (Wildman–Crippen MR) is 109 cm³/mol. The molecule has 0 unspecified atom stereocenters. The third-order valence-corrected chi connectivity index (χ3v) is 5.44. The van der Waals surface area contributed by atoms with Crippen molar-refractivity contribution in [3.63, 3.8) is 0 Å². The van der Waals surface area contributed by atoms with Crippen LogP contribution in [-0.4, -0.2) is 28.6 Å². The van der Waals surface area contributed by atoms with Crippen molar-refractivity contribution in [3.05, 3.63) is 79.9 Å². The number of rotatable bonds is 6. The van der Waals surface area contributed by atoms with Gasteiger partial charge in [-0.25, -0.2) is 26.7 Å². The Labute approximate surface area is 169 Å². The Hall–Kier alpha value is -3.28. The van der Waals surface area contributed by atoms with Gasteiger partial charge in [0.1, 0.15) is 4.90 Å². The summed E-state index contributed by atoms with van der Waals surface area (Å²) in [4.78, 5) is 21.7. The molecule has 2 aromatic carbocycles. The van der Waals surface area contributed by atoms with Crippen LogP contribution >= 0.6 is 0 Å². The third kappa shape index (κ3) is 7.70. The van der Waals surface area contributed by atoms with Crippen LogP contribution in [0.25, 0.3) is 0 Å². The summed E-state index contributed by atoms with van der Waals surface area (Å²) in [6.45, 7) is 6.42. The van der Waals surface area contributed by atoms with Crippen LogP contribution in [0.15, 0.2) is 89.7 Å². The topological polar surface area (TPSA) is 152 Å². The van der Waals surface area contributed by atoms with Crippen molar-refractivity contribution >= 4 is 37.5 Å². The Kier molecular flexibility index (Phi) is 8.45. The van der Waals surface area contributed by atoms with E-state index < -0.39 is 31.9 Å². The molecule has 4 N–H and O–H groups in total. The summed E-state index contributed by atoms with van der Waals surface area (Å²) in [5.74, 6) is -1.24. The van der Waals surface area contributed by atoms with Crippen molar-refractivity contribution in [2.75, 3.05) is 5.32 Å². The van der Waals surface area contributed by atoms with Gasteiger partial charge in [-0.15, -0.1) is 0 Å². The van der Waals surface area contributed by atoms with E-state index in [9.17, 15) is 26.4 Å². The lowest BCUT2D eigenvalue weighted by Crippen LogP contribution is -2.28. The number of hydrogen-bond donors (Lipinski definition) is 3. The van der Waals surface area contributed by atoms with E-state index in [-0.39, 0.29) is 15.5 Å². The van der Waals surface area contributed by atoms with E-state index in [1.54, 1.807) is 24.3 Å². The lowest BCUT2D eigenvalue weighted by atomic mass is 10.3. The summed E-state index contributed by atoms with van der Waals surface area (Å²) in [5, 5.41) is 7.32. The summed E-state index contributed by atoms with van der Waals surface area (Å²) in [5.41, 5.74) is 0.143.